The molecule has 86 heavy (non-hydrogen) atoms. The zero-order valence-corrected chi connectivity index (χ0v) is 56.2. The Morgan fingerprint density at radius 3 is 1.26 bits per heavy atom. The first-order valence-electron chi connectivity index (χ1n) is 31.5. The Balaban J connectivity index is 0.000000277. The van der Waals surface area contributed by atoms with Crippen molar-refractivity contribution in [3.05, 3.63) is 277 Å². The van der Waals surface area contributed by atoms with Crippen molar-refractivity contribution >= 4 is 23.5 Å². The molecule has 8 aromatic rings. The summed E-state index contributed by atoms with van der Waals surface area (Å²) in [5.41, 5.74) is 19.9. The number of aromatic nitrogens is 1. The van der Waals surface area contributed by atoms with Crippen LogP contribution in [0.3, 0.4) is 0 Å². The van der Waals surface area contributed by atoms with Gasteiger partial charge in [0, 0.05) is 18.8 Å². The molecule has 0 saturated heterocycles. The Morgan fingerprint density at radius 1 is 0.407 bits per heavy atom. The molecule has 1 aromatic heterocycles. The normalized spacial score (nSPS) is 10.6. The number of halogens is 1. The van der Waals surface area contributed by atoms with E-state index in [4.69, 9.17) is 21.1 Å². The SMILES string of the molecule is CC(C)c1cccc(CCOC(=O)Cc2ccccc2)c1.CC(C)c1cccc(COC(=O)Cc2ccccc2)c1.CC(C)c1cncc(Cl)c1.CCc1cccc(CC)c1C(C)C.CCc1ccccc1C(C)C.Cc1cccc(C)c1C(C)C. The van der Waals surface area contributed by atoms with Crippen LogP contribution in [0.5, 0.6) is 0 Å². The van der Waals surface area contributed by atoms with Gasteiger partial charge in [0.25, 0.3) is 0 Å². The molecule has 0 amide bonds. The topological polar surface area (TPSA) is 65.5 Å². The third-order valence-corrected chi connectivity index (χ3v) is 15.1. The van der Waals surface area contributed by atoms with Crippen molar-refractivity contribution in [2.45, 2.75) is 198 Å². The largest absolute Gasteiger partial charge is 0.465 e. The molecule has 0 aliphatic rings. The average molecular weight is 1180 g/mol. The van der Waals surface area contributed by atoms with Crippen molar-refractivity contribution in [2.24, 2.45) is 0 Å². The molecule has 0 atom stereocenters. The van der Waals surface area contributed by atoms with Crippen molar-refractivity contribution in [3.8, 4) is 0 Å². The lowest BCUT2D eigenvalue weighted by Gasteiger charge is -2.16. The second-order valence-electron chi connectivity index (χ2n) is 23.9. The van der Waals surface area contributed by atoms with E-state index in [1.165, 1.54) is 61.2 Å². The average Bonchev–Trinajstić information content (AvgIpc) is 3.44. The number of rotatable bonds is 18. The molecule has 460 valence electrons. The highest BCUT2D eigenvalue weighted by Crippen LogP contribution is 2.26. The van der Waals surface area contributed by atoms with Crippen molar-refractivity contribution in [2.75, 3.05) is 6.61 Å². The molecule has 0 bridgehead atoms. The monoisotopic (exact) mass is 1180 g/mol. The van der Waals surface area contributed by atoms with Crippen LogP contribution in [0.25, 0.3) is 0 Å². The van der Waals surface area contributed by atoms with Crippen LogP contribution in [0.2, 0.25) is 5.02 Å². The second-order valence-corrected chi connectivity index (χ2v) is 24.3. The molecule has 7 aromatic carbocycles. The molecule has 0 radical (unpaired) electrons. The zero-order chi connectivity index (χ0) is 63.6. The predicted octanol–water partition coefficient (Wildman–Crippen LogP) is 21.8. The Labute approximate surface area is 526 Å². The quantitative estimate of drug-likeness (QED) is 0.0801. The minimum atomic E-state index is -0.189. The number of nitrogens with zero attached hydrogens (tertiary/aromatic N) is 1. The molecule has 0 unspecified atom stereocenters. The van der Waals surface area contributed by atoms with E-state index in [0.29, 0.717) is 66.6 Å². The lowest BCUT2D eigenvalue weighted by Crippen LogP contribution is -2.10. The number of carbonyl (C=O) groups excluding carboxylic acids is 2. The van der Waals surface area contributed by atoms with Crippen LogP contribution in [0.1, 0.15) is 223 Å². The Hall–Kier alpha value is -7.08. The standard InChI is InChI=1S/C19H22O2.C18H20O2.C13H20.2C11H16.C8H10ClN/c1-15(2)18-10-6-9-17(13-18)11-12-21-19(20)14-16-7-4-3-5-8-16;1-14(2)17-10-6-9-16(11-17)13-20-18(19)12-15-7-4-3-5-8-15;1-5-11-8-7-9-12(6-2)13(11)10(3)4;1-8(2)11-9(3)6-5-7-10(11)4;1-4-10-7-5-6-8-11(10)9(2)3;1-6(2)7-3-8(9)5-10-4-7/h3-10,13,15H,11-12,14H2,1-2H3;3-11,14H,12-13H2,1-2H3;7-10H,5-6H2,1-4H3;5-8H,1-4H3;5-9H,4H2,1-3H3;3-6H,1-2H3. The van der Waals surface area contributed by atoms with Crippen molar-refractivity contribution in [1.29, 1.82) is 0 Å². The van der Waals surface area contributed by atoms with Gasteiger partial charge in [0.1, 0.15) is 6.61 Å². The van der Waals surface area contributed by atoms with Crippen LogP contribution in [0, 0.1) is 13.8 Å². The number of ether oxygens (including phenoxy) is 2. The van der Waals surface area contributed by atoms with Crippen LogP contribution in [0.15, 0.2) is 188 Å². The number of carbonyl (C=O) groups is 2. The van der Waals surface area contributed by atoms with Gasteiger partial charge in [-0.2, -0.15) is 0 Å². The molecule has 0 spiro atoms. The van der Waals surface area contributed by atoms with E-state index in [-0.39, 0.29) is 11.9 Å². The second kappa shape index (κ2) is 40.3. The summed E-state index contributed by atoms with van der Waals surface area (Å²) in [6.07, 6.45) is 8.37. The summed E-state index contributed by atoms with van der Waals surface area (Å²) in [5.74, 6) is 3.12. The van der Waals surface area contributed by atoms with Gasteiger partial charge in [0.15, 0.2) is 0 Å². The van der Waals surface area contributed by atoms with Crippen LogP contribution >= 0.6 is 11.6 Å². The van der Waals surface area contributed by atoms with E-state index in [1.807, 2.05) is 85.1 Å². The number of aryl methyl sites for hydroxylation is 5. The Morgan fingerprint density at radius 2 is 0.826 bits per heavy atom. The fourth-order valence-corrected chi connectivity index (χ4v) is 10.3. The maximum absolute atomic E-state index is 11.8. The van der Waals surface area contributed by atoms with Crippen molar-refractivity contribution in [3.63, 3.8) is 0 Å². The predicted molar refractivity (Wildman–Crippen MR) is 368 cm³/mol. The minimum absolute atomic E-state index is 0.166. The van der Waals surface area contributed by atoms with Gasteiger partial charge in [-0.15, -0.1) is 0 Å². The molecule has 1 heterocycles. The van der Waals surface area contributed by atoms with Gasteiger partial charge in [0.2, 0.25) is 0 Å². The summed E-state index contributed by atoms with van der Waals surface area (Å²) in [4.78, 5) is 27.5. The summed E-state index contributed by atoms with van der Waals surface area (Å²) in [6.45, 7) is 38.3. The van der Waals surface area contributed by atoms with Crippen molar-refractivity contribution in [1.82, 2.24) is 4.98 Å². The van der Waals surface area contributed by atoms with Crippen molar-refractivity contribution < 1.29 is 19.1 Å². The summed E-state index contributed by atoms with van der Waals surface area (Å²) < 4.78 is 10.6. The molecule has 0 aliphatic heterocycles. The Kier molecular flexibility index (Phi) is 34.3. The molecule has 5 nitrogen and oxygen atoms in total. The van der Waals surface area contributed by atoms with E-state index < -0.39 is 0 Å². The lowest BCUT2D eigenvalue weighted by atomic mass is 9.90. The number of esters is 2. The molecule has 6 heteroatoms. The number of hydrogen-bond acceptors (Lipinski definition) is 5. The van der Waals surface area contributed by atoms with E-state index in [2.05, 4.69) is 220 Å². The summed E-state index contributed by atoms with van der Waals surface area (Å²) in [5, 5.41) is 0.714. The highest BCUT2D eigenvalue weighted by atomic mass is 35.5. The van der Waals surface area contributed by atoms with Gasteiger partial charge in [-0.3, -0.25) is 14.6 Å². The minimum Gasteiger partial charge on any atom is -0.465 e. The molecular weight excluding hydrogens is 1070 g/mol. The molecular formula is C80H104ClNO4. The van der Waals surface area contributed by atoms with Gasteiger partial charge in [-0.25, -0.2) is 0 Å². The lowest BCUT2D eigenvalue weighted by molar-refractivity contribution is -0.144. The van der Waals surface area contributed by atoms with Gasteiger partial charge in [0.05, 0.1) is 24.5 Å². The maximum Gasteiger partial charge on any atom is 0.310 e. The molecule has 0 aliphatic carbocycles. The van der Waals surface area contributed by atoms with E-state index in [0.717, 1.165) is 42.4 Å². The highest BCUT2D eigenvalue weighted by molar-refractivity contribution is 6.30. The first-order valence-corrected chi connectivity index (χ1v) is 31.9. The number of hydrogen-bond donors (Lipinski definition) is 0. The highest BCUT2D eigenvalue weighted by Gasteiger charge is 2.11. The number of benzene rings is 7. The van der Waals surface area contributed by atoms with Crippen LogP contribution < -0.4 is 0 Å². The van der Waals surface area contributed by atoms with Gasteiger partial charge in [-0.05, 0) is 158 Å². The Bertz CT molecular complexity index is 3130. The molecule has 0 N–H and O–H groups in total. The molecule has 8 rings (SSSR count). The van der Waals surface area contributed by atoms with Crippen LogP contribution in [-0.2, 0) is 64.2 Å². The number of pyridine rings is 1. The fourth-order valence-electron chi connectivity index (χ4n) is 10.1. The van der Waals surface area contributed by atoms with E-state index in [1.54, 1.807) is 11.8 Å². The molecule has 0 fully saturated rings. The first-order chi connectivity index (χ1) is 41.1. The summed E-state index contributed by atoms with van der Waals surface area (Å²) >= 11 is 5.73. The zero-order valence-electron chi connectivity index (χ0n) is 55.5. The summed E-state index contributed by atoms with van der Waals surface area (Å²) in [6, 6.07) is 59.8. The smallest absolute Gasteiger partial charge is 0.310 e. The first kappa shape index (κ1) is 73.2. The van der Waals surface area contributed by atoms with Gasteiger partial charge in [-0.1, -0.05) is 285 Å². The summed E-state index contributed by atoms with van der Waals surface area (Å²) in [7, 11) is 0. The maximum atomic E-state index is 11.8. The van der Waals surface area contributed by atoms with E-state index >= 15 is 0 Å². The van der Waals surface area contributed by atoms with Gasteiger partial charge >= 0.3 is 11.9 Å². The van der Waals surface area contributed by atoms with Gasteiger partial charge < -0.3 is 9.47 Å². The third-order valence-electron chi connectivity index (χ3n) is 14.9. The van der Waals surface area contributed by atoms with E-state index in [9.17, 15) is 9.59 Å². The fraction of sp³-hybridized carbons (Fsp3) is 0.388. The molecule has 0 saturated carbocycles. The third kappa shape index (κ3) is 27.5. The van der Waals surface area contributed by atoms with Crippen LogP contribution in [0.4, 0.5) is 0 Å². The van der Waals surface area contributed by atoms with Crippen LogP contribution in [-0.4, -0.2) is 23.5 Å².